The van der Waals surface area contributed by atoms with Gasteiger partial charge in [0.25, 0.3) is 5.91 Å². The molecule has 1 atom stereocenters. The zero-order chi connectivity index (χ0) is 14.4. The molecule has 0 bridgehead atoms. The topological polar surface area (TPSA) is 59.5 Å². The van der Waals surface area contributed by atoms with E-state index in [4.69, 9.17) is 21.8 Å². The van der Waals surface area contributed by atoms with Crippen LogP contribution in [0.4, 0.5) is 0 Å². The molecule has 1 amide bonds. The molecule has 20 heavy (non-hydrogen) atoms. The summed E-state index contributed by atoms with van der Waals surface area (Å²) in [5.74, 6) is 0.270. The summed E-state index contributed by atoms with van der Waals surface area (Å²) in [6.07, 6.45) is 0.834. The first-order valence-corrected chi connectivity index (χ1v) is 7.57. The van der Waals surface area contributed by atoms with Crippen LogP contribution < -0.4 is 5.73 Å². The van der Waals surface area contributed by atoms with Crippen molar-refractivity contribution in [2.24, 2.45) is 5.73 Å². The van der Waals surface area contributed by atoms with E-state index in [2.05, 4.69) is 15.9 Å². The number of benzene rings is 1. The molecule has 0 spiro atoms. The van der Waals surface area contributed by atoms with E-state index in [1.165, 1.54) is 0 Å². The molecule has 2 N–H and O–H groups in total. The lowest BCUT2D eigenvalue weighted by atomic mass is 10.1. The number of rotatable bonds is 1. The molecule has 2 aromatic rings. The number of carbonyl (C=O) groups excluding carboxylic acids is 1. The Kier molecular flexibility index (Phi) is 3.52. The highest BCUT2D eigenvalue weighted by Gasteiger charge is 2.29. The summed E-state index contributed by atoms with van der Waals surface area (Å²) in [6.45, 7) is 3.13. The van der Waals surface area contributed by atoms with E-state index in [9.17, 15) is 4.79 Å². The molecule has 0 aliphatic carbocycles. The summed E-state index contributed by atoms with van der Waals surface area (Å²) in [4.78, 5) is 14.2. The number of hydrogen-bond acceptors (Lipinski definition) is 3. The normalized spacial score (nSPS) is 19.0. The Morgan fingerprint density at radius 2 is 2.30 bits per heavy atom. The fraction of sp³-hybridized carbons (Fsp3) is 0.357. The van der Waals surface area contributed by atoms with E-state index in [1.54, 1.807) is 11.0 Å². The Labute approximate surface area is 130 Å². The zero-order valence-electron chi connectivity index (χ0n) is 11.0. The van der Waals surface area contributed by atoms with Gasteiger partial charge >= 0.3 is 0 Å². The van der Waals surface area contributed by atoms with E-state index in [0.717, 1.165) is 21.8 Å². The molecular weight excluding hydrogens is 344 g/mol. The monoisotopic (exact) mass is 356 g/mol. The molecule has 1 aliphatic rings. The Bertz CT molecular complexity index is 698. The summed E-state index contributed by atoms with van der Waals surface area (Å²) in [5, 5.41) is 1.46. The third-order valence-corrected chi connectivity index (χ3v) is 4.47. The second kappa shape index (κ2) is 5.06. The average Bonchev–Trinajstić information content (AvgIpc) is 2.94. The zero-order valence-corrected chi connectivity index (χ0v) is 13.3. The molecular formula is C14H14BrClN2O2. The van der Waals surface area contributed by atoms with E-state index < -0.39 is 0 Å². The van der Waals surface area contributed by atoms with Gasteiger partial charge < -0.3 is 15.1 Å². The van der Waals surface area contributed by atoms with Crippen LogP contribution in [0.1, 0.15) is 22.5 Å². The van der Waals surface area contributed by atoms with Crippen molar-refractivity contribution in [1.29, 1.82) is 0 Å². The van der Waals surface area contributed by atoms with Crippen molar-refractivity contribution in [3.63, 3.8) is 0 Å². The predicted molar refractivity (Wildman–Crippen MR) is 82.2 cm³/mol. The number of likely N-dealkylation sites (tertiary alicyclic amines) is 1. The Balaban J connectivity index is 2.06. The van der Waals surface area contributed by atoms with Crippen LogP contribution in [0.25, 0.3) is 11.0 Å². The molecule has 2 heterocycles. The van der Waals surface area contributed by atoms with Gasteiger partial charge in [-0.2, -0.15) is 0 Å². The second-order valence-corrected chi connectivity index (χ2v) is 6.41. The predicted octanol–water partition coefficient (Wildman–Crippen LogP) is 3.33. The van der Waals surface area contributed by atoms with Crippen molar-refractivity contribution in [2.45, 2.75) is 19.4 Å². The number of hydrogen-bond donors (Lipinski definition) is 1. The summed E-state index contributed by atoms with van der Waals surface area (Å²) >= 11 is 9.46. The van der Waals surface area contributed by atoms with Crippen molar-refractivity contribution in [1.82, 2.24) is 4.90 Å². The van der Waals surface area contributed by atoms with Crippen LogP contribution in [-0.4, -0.2) is 29.9 Å². The highest BCUT2D eigenvalue weighted by atomic mass is 79.9. The first-order chi connectivity index (χ1) is 9.47. The molecule has 4 nitrogen and oxygen atoms in total. The van der Waals surface area contributed by atoms with E-state index in [1.807, 2.05) is 13.0 Å². The molecule has 1 aromatic carbocycles. The number of nitrogens with two attached hydrogens (primary N) is 1. The van der Waals surface area contributed by atoms with E-state index in [0.29, 0.717) is 29.5 Å². The molecule has 3 rings (SSSR count). The van der Waals surface area contributed by atoms with Gasteiger partial charge in [0, 0.05) is 35.1 Å². The summed E-state index contributed by atoms with van der Waals surface area (Å²) in [6, 6.07) is 3.63. The van der Waals surface area contributed by atoms with Gasteiger partial charge in [-0.15, -0.1) is 0 Å². The van der Waals surface area contributed by atoms with Crippen LogP contribution in [0.15, 0.2) is 21.0 Å². The molecule has 0 unspecified atom stereocenters. The lowest BCUT2D eigenvalue weighted by Crippen LogP contribution is -2.31. The minimum absolute atomic E-state index is 0.0600. The molecule has 0 radical (unpaired) electrons. The van der Waals surface area contributed by atoms with Gasteiger partial charge in [-0.3, -0.25) is 4.79 Å². The number of aryl methyl sites for hydroxylation is 1. The molecule has 1 fully saturated rings. The van der Waals surface area contributed by atoms with E-state index in [-0.39, 0.29) is 11.9 Å². The highest BCUT2D eigenvalue weighted by Crippen LogP contribution is 2.34. The van der Waals surface area contributed by atoms with Gasteiger partial charge in [0.15, 0.2) is 5.76 Å². The maximum absolute atomic E-state index is 12.5. The second-order valence-electron chi connectivity index (χ2n) is 5.12. The van der Waals surface area contributed by atoms with E-state index >= 15 is 0 Å². The van der Waals surface area contributed by atoms with Gasteiger partial charge in [0.05, 0.1) is 4.47 Å². The summed E-state index contributed by atoms with van der Waals surface area (Å²) < 4.78 is 6.51. The van der Waals surface area contributed by atoms with Gasteiger partial charge in [-0.1, -0.05) is 11.6 Å². The Morgan fingerprint density at radius 3 is 2.95 bits per heavy atom. The lowest BCUT2D eigenvalue weighted by molar-refractivity contribution is 0.0760. The summed E-state index contributed by atoms with van der Waals surface area (Å²) in [7, 11) is 0. The van der Waals surface area contributed by atoms with Crippen LogP contribution in [0.2, 0.25) is 5.02 Å². The minimum Gasteiger partial charge on any atom is -0.449 e. The van der Waals surface area contributed by atoms with Gasteiger partial charge in [0.1, 0.15) is 5.58 Å². The maximum atomic E-state index is 12.5. The SMILES string of the molecule is Cc1c(C(=O)N2CC[C@@H](N)C2)oc2c(Br)cc(Cl)cc12. The van der Waals surface area contributed by atoms with Gasteiger partial charge in [-0.25, -0.2) is 0 Å². The molecule has 0 saturated carbocycles. The largest absolute Gasteiger partial charge is 0.449 e. The van der Waals surface area contributed by atoms with Crippen LogP contribution in [0, 0.1) is 6.92 Å². The first kappa shape index (κ1) is 13.9. The molecule has 1 aliphatic heterocycles. The number of amides is 1. The van der Waals surface area contributed by atoms with Crippen LogP contribution >= 0.6 is 27.5 Å². The average molecular weight is 358 g/mol. The van der Waals surface area contributed by atoms with Crippen molar-refractivity contribution >= 4 is 44.4 Å². The van der Waals surface area contributed by atoms with Crippen LogP contribution in [0.3, 0.4) is 0 Å². The number of nitrogens with zero attached hydrogens (tertiary/aromatic N) is 1. The molecule has 106 valence electrons. The minimum atomic E-state index is -0.102. The smallest absolute Gasteiger partial charge is 0.289 e. The number of fused-ring (bicyclic) bond motifs is 1. The molecule has 1 saturated heterocycles. The van der Waals surface area contributed by atoms with Crippen molar-refractivity contribution in [2.75, 3.05) is 13.1 Å². The van der Waals surface area contributed by atoms with Crippen molar-refractivity contribution in [3.8, 4) is 0 Å². The standard InChI is InChI=1S/C14H14BrClN2O2/c1-7-10-4-8(16)5-11(15)13(10)20-12(7)14(19)18-3-2-9(17)6-18/h4-5,9H,2-3,6,17H2,1H3/t9-/m1/s1. The van der Waals surface area contributed by atoms with Crippen LogP contribution in [-0.2, 0) is 0 Å². The Morgan fingerprint density at radius 1 is 1.55 bits per heavy atom. The third-order valence-electron chi connectivity index (χ3n) is 3.66. The number of halogens is 2. The van der Waals surface area contributed by atoms with Crippen molar-refractivity contribution in [3.05, 3.63) is 33.0 Å². The third kappa shape index (κ3) is 2.24. The summed E-state index contributed by atoms with van der Waals surface area (Å²) in [5.41, 5.74) is 7.31. The fourth-order valence-corrected chi connectivity index (χ4v) is 3.45. The lowest BCUT2D eigenvalue weighted by Gasteiger charge is -2.14. The number of furan rings is 1. The quantitative estimate of drug-likeness (QED) is 0.851. The highest BCUT2D eigenvalue weighted by molar-refractivity contribution is 9.10. The van der Waals surface area contributed by atoms with Gasteiger partial charge in [-0.05, 0) is 41.4 Å². The molecule has 6 heteroatoms. The Hall–Kier alpha value is -1.04. The fourth-order valence-electron chi connectivity index (χ4n) is 2.56. The first-order valence-electron chi connectivity index (χ1n) is 6.40. The van der Waals surface area contributed by atoms with Crippen molar-refractivity contribution < 1.29 is 9.21 Å². The molecule has 1 aromatic heterocycles. The van der Waals surface area contributed by atoms with Crippen LogP contribution in [0.5, 0.6) is 0 Å². The van der Waals surface area contributed by atoms with Gasteiger partial charge in [0.2, 0.25) is 0 Å². The maximum Gasteiger partial charge on any atom is 0.289 e. The number of carbonyl (C=O) groups is 1.